The molecule has 0 bridgehead atoms. The molecule has 0 radical (unpaired) electrons. The quantitative estimate of drug-likeness (QED) is 0.729. The maximum absolute atomic E-state index is 12.1. The molecule has 2 rings (SSSR count). The molecule has 1 unspecified atom stereocenters. The summed E-state index contributed by atoms with van der Waals surface area (Å²) in [6.45, 7) is 8.96. The number of carbonyl (C=O) groups is 1. The molecule has 1 saturated heterocycles. The van der Waals surface area contributed by atoms with Crippen molar-refractivity contribution in [2.24, 2.45) is 5.92 Å². The van der Waals surface area contributed by atoms with Crippen molar-refractivity contribution in [3.05, 3.63) is 29.3 Å². The molecule has 0 spiro atoms. The van der Waals surface area contributed by atoms with Crippen LogP contribution < -0.4 is 15.4 Å². The van der Waals surface area contributed by atoms with Crippen LogP contribution in [-0.2, 0) is 11.3 Å². The minimum absolute atomic E-state index is 0. The van der Waals surface area contributed by atoms with Gasteiger partial charge in [-0.1, -0.05) is 19.1 Å². The molecule has 1 amide bonds. The van der Waals surface area contributed by atoms with Crippen molar-refractivity contribution in [1.29, 1.82) is 0 Å². The van der Waals surface area contributed by atoms with Gasteiger partial charge in [0.25, 0.3) is 0 Å². The summed E-state index contributed by atoms with van der Waals surface area (Å²) in [4.78, 5) is 12.1. The lowest BCUT2D eigenvalue weighted by Crippen LogP contribution is -2.29. The number of benzene rings is 1. The number of hydrogen-bond donors (Lipinski definition) is 2. The van der Waals surface area contributed by atoms with Crippen LogP contribution in [0, 0.1) is 12.8 Å². The van der Waals surface area contributed by atoms with E-state index in [2.05, 4.69) is 49.6 Å². The van der Waals surface area contributed by atoms with Crippen molar-refractivity contribution in [1.82, 2.24) is 10.6 Å². The third-order valence-electron chi connectivity index (χ3n) is 4.84. The minimum Gasteiger partial charge on any atom is -0.490 e. The normalized spacial score (nSPS) is 16.0. The highest BCUT2D eigenvalue weighted by Gasteiger charge is 2.15. The van der Waals surface area contributed by atoms with Gasteiger partial charge < -0.3 is 15.4 Å². The van der Waals surface area contributed by atoms with Gasteiger partial charge in [0.1, 0.15) is 5.75 Å². The van der Waals surface area contributed by atoms with E-state index in [1.54, 1.807) is 0 Å². The van der Waals surface area contributed by atoms with Gasteiger partial charge in [-0.2, -0.15) is 0 Å². The molecule has 5 heteroatoms. The SMILES string of the molecule is CCC(C)Oc1cc(C)ccc1CNC(=O)CCC1CCNCC1.Cl. The highest BCUT2D eigenvalue weighted by molar-refractivity contribution is 5.85. The summed E-state index contributed by atoms with van der Waals surface area (Å²) in [5, 5.41) is 6.42. The van der Waals surface area contributed by atoms with Gasteiger partial charge in [0.2, 0.25) is 5.91 Å². The average Bonchev–Trinajstić information content (AvgIpc) is 2.60. The van der Waals surface area contributed by atoms with Gasteiger partial charge in [0, 0.05) is 18.5 Å². The summed E-state index contributed by atoms with van der Waals surface area (Å²) in [5.41, 5.74) is 2.23. The van der Waals surface area contributed by atoms with E-state index in [-0.39, 0.29) is 24.4 Å². The van der Waals surface area contributed by atoms with Crippen molar-refractivity contribution >= 4 is 18.3 Å². The zero-order valence-corrected chi connectivity index (χ0v) is 16.6. The molecule has 1 aromatic rings. The van der Waals surface area contributed by atoms with Gasteiger partial charge in [-0.25, -0.2) is 0 Å². The number of carbonyl (C=O) groups excluding carboxylic acids is 1. The van der Waals surface area contributed by atoms with Crippen molar-refractivity contribution in [2.75, 3.05) is 13.1 Å². The highest BCUT2D eigenvalue weighted by atomic mass is 35.5. The molecular formula is C20H33ClN2O2. The Bertz CT molecular complexity index is 530. The number of amides is 1. The number of ether oxygens (including phenoxy) is 1. The number of halogens is 1. The highest BCUT2D eigenvalue weighted by Crippen LogP contribution is 2.22. The van der Waals surface area contributed by atoms with E-state index in [9.17, 15) is 4.79 Å². The summed E-state index contributed by atoms with van der Waals surface area (Å²) >= 11 is 0. The van der Waals surface area contributed by atoms with Crippen molar-refractivity contribution in [3.63, 3.8) is 0 Å². The predicted octanol–water partition coefficient (Wildman–Crippen LogP) is 3.99. The molecule has 0 aromatic heterocycles. The smallest absolute Gasteiger partial charge is 0.220 e. The first-order valence-electron chi connectivity index (χ1n) is 9.32. The molecule has 142 valence electrons. The maximum Gasteiger partial charge on any atom is 0.220 e. The lowest BCUT2D eigenvalue weighted by Gasteiger charge is -2.22. The molecule has 1 heterocycles. The van der Waals surface area contributed by atoms with E-state index < -0.39 is 0 Å². The average molecular weight is 369 g/mol. The Morgan fingerprint density at radius 3 is 2.76 bits per heavy atom. The van der Waals surface area contributed by atoms with Crippen LogP contribution in [0.2, 0.25) is 0 Å². The van der Waals surface area contributed by atoms with Gasteiger partial charge in [-0.15, -0.1) is 12.4 Å². The fourth-order valence-electron chi connectivity index (χ4n) is 3.01. The first kappa shape index (κ1) is 21.8. The Hall–Kier alpha value is -1.26. The standard InChI is InChI=1S/C20H32N2O2.ClH/c1-4-16(3)24-19-13-15(2)5-7-18(19)14-22-20(23)8-6-17-9-11-21-12-10-17;/h5,7,13,16-17,21H,4,6,8-12,14H2,1-3H3,(H,22,23);1H. The summed E-state index contributed by atoms with van der Waals surface area (Å²) in [7, 11) is 0. The van der Waals surface area contributed by atoms with Crippen LogP contribution in [-0.4, -0.2) is 25.1 Å². The second kappa shape index (κ2) is 11.4. The first-order valence-corrected chi connectivity index (χ1v) is 9.32. The zero-order chi connectivity index (χ0) is 17.4. The molecule has 4 nitrogen and oxygen atoms in total. The third kappa shape index (κ3) is 7.66. The molecule has 0 saturated carbocycles. The lowest BCUT2D eigenvalue weighted by atomic mass is 9.93. The monoisotopic (exact) mass is 368 g/mol. The minimum atomic E-state index is 0. The number of aryl methyl sites for hydroxylation is 1. The summed E-state index contributed by atoms with van der Waals surface area (Å²) in [6, 6.07) is 6.18. The van der Waals surface area contributed by atoms with Crippen molar-refractivity contribution in [3.8, 4) is 5.75 Å². The second-order valence-corrected chi connectivity index (χ2v) is 6.96. The molecule has 1 atom stereocenters. The van der Waals surface area contributed by atoms with E-state index >= 15 is 0 Å². The van der Waals surface area contributed by atoms with Crippen molar-refractivity contribution in [2.45, 2.75) is 65.5 Å². The van der Waals surface area contributed by atoms with Gasteiger partial charge in [-0.3, -0.25) is 4.79 Å². The van der Waals surface area contributed by atoms with Crippen LogP contribution in [0.4, 0.5) is 0 Å². The third-order valence-corrected chi connectivity index (χ3v) is 4.84. The van der Waals surface area contributed by atoms with Crippen molar-refractivity contribution < 1.29 is 9.53 Å². The zero-order valence-electron chi connectivity index (χ0n) is 15.8. The van der Waals surface area contributed by atoms with E-state index in [1.165, 1.54) is 18.4 Å². The van der Waals surface area contributed by atoms with Crippen LogP contribution >= 0.6 is 12.4 Å². The van der Waals surface area contributed by atoms with E-state index in [0.717, 1.165) is 37.2 Å². The fourth-order valence-corrected chi connectivity index (χ4v) is 3.01. The topological polar surface area (TPSA) is 50.4 Å². The predicted molar refractivity (Wildman–Crippen MR) is 105 cm³/mol. The molecular weight excluding hydrogens is 336 g/mol. The summed E-state index contributed by atoms with van der Waals surface area (Å²) in [6.07, 6.45) is 5.16. The Kier molecular flexibility index (Phi) is 9.91. The van der Waals surface area contributed by atoms with E-state index in [1.807, 2.05) is 0 Å². The van der Waals surface area contributed by atoms with E-state index in [4.69, 9.17) is 4.74 Å². The molecule has 2 N–H and O–H groups in total. The summed E-state index contributed by atoms with van der Waals surface area (Å²) < 4.78 is 6.00. The van der Waals surface area contributed by atoms with Gasteiger partial charge in [0.05, 0.1) is 6.10 Å². The van der Waals surface area contributed by atoms with Gasteiger partial charge in [0.15, 0.2) is 0 Å². The number of nitrogens with one attached hydrogen (secondary N) is 2. The molecule has 0 aliphatic carbocycles. The number of hydrogen-bond acceptors (Lipinski definition) is 3. The number of rotatable bonds is 8. The Labute approximate surface area is 158 Å². The van der Waals surface area contributed by atoms with Crippen LogP contribution in [0.25, 0.3) is 0 Å². The number of piperidine rings is 1. The molecule has 1 aromatic carbocycles. The van der Waals surface area contributed by atoms with Crippen LogP contribution in [0.15, 0.2) is 18.2 Å². The summed E-state index contributed by atoms with van der Waals surface area (Å²) in [5.74, 6) is 1.73. The maximum atomic E-state index is 12.1. The first-order chi connectivity index (χ1) is 11.6. The Balaban J connectivity index is 0.00000312. The fraction of sp³-hybridized carbons (Fsp3) is 0.650. The molecule has 1 aliphatic rings. The van der Waals surface area contributed by atoms with Crippen LogP contribution in [0.1, 0.15) is 57.1 Å². The van der Waals surface area contributed by atoms with Gasteiger partial charge >= 0.3 is 0 Å². The van der Waals surface area contributed by atoms with E-state index in [0.29, 0.717) is 18.9 Å². The Morgan fingerprint density at radius 1 is 1.36 bits per heavy atom. The van der Waals surface area contributed by atoms with Crippen LogP contribution in [0.3, 0.4) is 0 Å². The molecule has 25 heavy (non-hydrogen) atoms. The molecule has 1 fully saturated rings. The lowest BCUT2D eigenvalue weighted by molar-refractivity contribution is -0.121. The molecule has 1 aliphatic heterocycles. The van der Waals surface area contributed by atoms with Crippen LogP contribution in [0.5, 0.6) is 5.75 Å². The van der Waals surface area contributed by atoms with Gasteiger partial charge in [-0.05, 0) is 70.2 Å². The largest absolute Gasteiger partial charge is 0.490 e. The second-order valence-electron chi connectivity index (χ2n) is 6.96. The Morgan fingerprint density at radius 2 is 2.08 bits per heavy atom.